The third kappa shape index (κ3) is 4.37. The summed E-state index contributed by atoms with van der Waals surface area (Å²) >= 11 is 1.19. The Kier molecular flexibility index (Phi) is 5.22. The topological polar surface area (TPSA) is 50.7 Å². The highest BCUT2D eigenvalue weighted by molar-refractivity contribution is 8.15. The van der Waals surface area contributed by atoms with Crippen molar-refractivity contribution in [1.29, 1.82) is 0 Å². The molecule has 0 saturated carbocycles. The van der Waals surface area contributed by atoms with Gasteiger partial charge in [-0.1, -0.05) is 36.0 Å². The van der Waals surface area contributed by atoms with Crippen molar-refractivity contribution in [3.8, 4) is 5.75 Å². The predicted octanol–water partition coefficient (Wildman–Crippen LogP) is 4.31. The van der Waals surface area contributed by atoms with Crippen molar-refractivity contribution in [2.45, 2.75) is 18.3 Å². The van der Waals surface area contributed by atoms with E-state index in [2.05, 4.69) is 10.3 Å². The first kappa shape index (κ1) is 18.3. The van der Waals surface area contributed by atoms with E-state index in [1.54, 1.807) is 0 Å². The van der Waals surface area contributed by atoms with Crippen LogP contribution in [0.15, 0.2) is 53.5 Å². The maximum atomic E-state index is 12.7. The predicted molar refractivity (Wildman–Crippen MR) is 94.7 cm³/mol. The van der Waals surface area contributed by atoms with Gasteiger partial charge in [-0.15, -0.1) is 0 Å². The van der Waals surface area contributed by atoms with Crippen LogP contribution >= 0.6 is 11.8 Å². The van der Waals surface area contributed by atoms with Gasteiger partial charge < -0.3 is 10.1 Å². The summed E-state index contributed by atoms with van der Waals surface area (Å²) in [6, 6.07) is 12.1. The number of rotatable bonds is 4. The van der Waals surface area contributed by atoms with Gasteiger partial charge in [0.1, 0.15) is 17.6 Å². The van der Waals surface area contributed by atoms with Crippen molar-refractivity contribution in [3.05, 3.63) is 59.7 Å². The van der Waals surface area contributed by atoms with Gasteiger partial charge in [0.2, 0.25) is 5.91 Å². The van der Waals surface area contributed by atoms with Gasteiger partial charge in [-0.05, 0) is 36.8 Å². The number of nitrogens with one attached hydrogen (secondary N) is 1. The van der Waals surface area contributed by atoms with Crippen LogP contribution in [-0.4, -0.2) is 22.9 Å². The zero-order chi connectivity index (χ0) is 18.7. The second kappa shape index (κ2) is 7.41. The van der Waals surface area contributed by atoms with E-state index in [1.165, 1.54) is 23.9 Å². The summed E-state index contributed by atoms with van der Waals surface area (Å²) in [6.07, 6.45) is -4.44. The minimum atomic E-state index is -4.44. The van der Waals surface area contributed by atoms with Crippen LogP contribution in [0.1, 0.15) is 11.1 Å². The molecular weight excluding hydrogens is 365 g/mol. The van der Waals surface area contributed by atoms with Gasteiger partial charge in [-0.25, -0.2) is 4.99 Å². The van der Waals surface area contributed by atoms with Crippen molar-refractivity contribution < 1.29 is 22.7 Å². The highest BCUT2D eigenvalue weighted by atomic mass is 32.2. The monoisotopic (exact) mass is 380 g/mol. The molecule has 1 unspecified atom stereocenters. The number of para-hydroxylation sites is 1. The average Bonchev–Trinajstić information content (AvgIpc) is 2.94. The summed E-state index contributed by atoms with van der Waals surface area (Å²) in [5, 5.41) is 2.54. The number of carbonyl (C=O) groups excluding carboxylic acids is 1. The molecule has 1 aliphatic heterocycles. The molecule has 1 amide bonds. The molecule has 4 nitrogen and oxygen atoms in total. The van der Waals surface area contributed by atoms with E-state index >= 15 is 0 Å². The molecule has 0 bridgehead atoms. The van der Waals surface area contributed by atoms with Crippen molar-refractivity contribution in [2.75, 3.05) is 6.61 Å². The van der Waals surface area contributed by atoms with Crippen LogP contribution < -0.4 is 10.1 Å². The molecule has 1 atom stereocenters. The molecule has 8 heteroatoms. The number of thioether (sulfide) groups is 1. The van der Waals surface area contributed by atoms with Gasteiger partial charge in [0.05, 0.1) is 11.3 Å². The van der Waals surface area contributed by atoms with E-state index < -0.39 is 17.0 Å². The van der Waals surface area contributed by atoms with E-state index in [9.17, 15) is 18.0 Å². The lowest BCUT2D eigenvalue weighted by Crippen LogP contribution is -2.28. The number of ether oxygens (including phenoxy) is 1. The maximum Gasteiger partial charge on any atom is 0.416 e. The van der Waals surface area contributed by atoms with Crippen LogP contribution in [-0.2, 0) is 11.0 Å². The van der Waals surface area contributed by atoms with Crippen LogP contribution in [0.3, 0.4) is 0 Å². The van der Waals surface area contributed by atoms with Gasteiger partial charge in [-0.2, -0.15) is 13.2 Å². The molecule has 136 valence electrons. The Morgan fingerprint density at radius 2 is 1.96 bits per heavy atom. The maximum absolute atomic E-state index is 12.7. The zero-order valence-electron chi connectivity index (χ0n) is 13.7. The van der Waals surface area contributed by atoms with E-state index in [4.69, 9.17) is 4.74 Å². The lowest BCUT2D eigenvalue weighted by Gasteiger charge is -2.11. The summed E-state index contributed by atoms with van der Waals surface area (Å²) in [7, 11) is 0. The minimum Gasteiger partial charge on any atom is -0.492 e. The van der Waals surface area contributed by atoms with Gasteiger partial charge in [0.25, 0.3) is 0 Å². The number of alkyl halides is 3. The molecule has 1 saturated heterocycles. The Balaban J connectivity index is 1.65. The van der Waals surface area contributed by atoms with Crippen LogP contribution in [0.5, 0.6) is 5.75 Å². The number of amidine groups is 1. The van der Waals surface area contributed by atoms with Crippen molar-refractivity contribution in [2.24, 2.45) is 4.99 Å². The van der Waals surface area contributed by atoms with Gasteiger partial charge in [-0.3, -0.25) is 4.79 Å². The molecule has 3 rings (SSSR count). The summed E-state index contributed by atoms with van der Waals surface area (Å²) in [6.45, 7) is 1.86. The van der Waals surface area contributed by atoms with Crippen LogP contribution in [0.4, 0.5) is 18.9 Å². The second-order valence-corrected chi connectivity index (χ2v) is 6.83. The molecule has 1 aliphatic rings. The molecule has 2 aromatic carbocycles. The number of halogens is 3. The van der Waals surface area contributed by atoms with E-state index in [0.29, 0.717) is 5.17 Å². The van der Waals surface area contributed by atoms with Crippen LogP contribution in [0.2, 0.25) is 0 Å². The number of aliphatic imine (C=N–C) groups is 1. The Bertz CT molecular complexity index is 852. The smallest absolute Gasteiger partial charge is 0.416 e. The summed E-state index contributed by atoms with van der Waals surface area (Å²) in [5.41, 5.74) is 0.925. The highest BCUT2D eigenvalue weighted by Gasteiger charge is 2.32. The van der Waals surface area contributed by atoms with E-state index in [-0.39, 0.29) is 18.3 Å². The molecule has 1 fully saturated rings. The number of nitrogens with zero attached hydrogens (tertiary/aromatic N) is 1. The Morgan fingerprint density at radius 1 is 1.19 bits per heavy atom. The average molecular weight is 380 g/mol. The van der Waals surface area contributed by atoms with Crippen LogP contribution in [0.25, 0.3) is 0 Å². The molecule has 0 spiro atoms. The summed E-state index contributed by atoms with van der Waals surface area (Å²) in [4.78, 5) is 16.4. The first-order valence-electron chi connectivity index (χ1n) is 7.75. The zero-order valence-corrected chi connectivity index (χ0v) is 14.5. The number of hydrogen-bond donors (Lipinski definition) is 1. The Morgan fingerprint density at radius 3 is 2.69 bits per heavy atom. The van der Waals surface area contributed by atoms with Gasteiger partial charge >= 0.3 is 6.18 Å². The normalized spacial score (nSPS) is 18.8. The van der Waals surface area contributed by atoms with Crippen molar-refractivity contribution >= 4 is 28.5 Å². The third-order valence-corrected chi connectivity index (χ3v) is 4.73. The molecule has 0 aliphatic carbocycles. The fraction of sp³-hybridized carbons (Fsp3) is 0.222. The number of aryl methyl sites for hydroxylation is 1. The lowest BCUT2D eigenvalue weighted by molar-refractivity contribution is -0.137. The third-order valence-electron chi connectivity index (χ3n) is 3.68. The number of benzene rings is 2. The minimum absolute atomic E-state index is 0.0510. The molecule has 26 heavy (non-hydrogen) atoms. The molecular formula is C18H15F3N2O2S. The molecule has 0 aromatic heterocycles. The molecule has 1 heterocycles. The summed E-state index contributed by atoms with van der Waals surface area (Å²) < 4.78 is 43.5. The largest absolute Gasteiger partial charge is 0.492 e. The second-order valence-electron chi connectivity index (χ2n) is 5.64. The van der Waals surface area contributed by atoms with E-state index in [0.717, 1.165) is 23.4 Å². The summed E-state index contributed by atoms with van der Waals surface area (Å²) in [5.74, 6) is -0.216. The Labute approximate surface area is 152 Å². The molecule has 1 N–H and O–H groups in total. The SMILES string of the molecule is Cc1ccccc1N=C1NC(=O)C(COc2cccc(C(F)(F)F)c2)S1. The van der Waals surface area contributed by atoms with Crippen LogP contribution in [0, 0.1) is 6.92 Å². The quantitative estimate of drug-likeness (QED) is 0.860. The standard InChI is InChI=1S/C18H15F3N2O2S/c1-11-5-2-3-8-14(11)22-17-23-16(24)15(26-17)10-25-13-7-4-6-12(9-13)18(19,20)21/h2-9,15H,10H2,1H3,(H,22,23,24). The van der Waals surface area contributed by atoms with Crippen molar-refractivity contribution in [3.63, 3.8) is 0 Å². The molecule has 2 aromatic rings. The molecule has 0 radical (unpaired) electrons. The highest BCUT2D eigenvalue weighted by Crippen LogP contribution is 2.32. The van der Waals surface area contributed by atoms with Crippen molar-refractivity contribution in [1.82, 2.24) is 5.32 Å². The Hall–Kier alpha value is -2.48. The van der Waals surface area contributed by atoms with Gasteiger partial charge in [0, 0.05) is 0 Å². The van der Waals surface area contributed by atoms with E-state index in [1.807, 2.05) is 31.2 Å². The first-order chi connectivity index (χ1) is 12.3. The number of carbonyl (C=O) groups is 1. The number of hydrogen-bond acceptors (Lipinski definition) is 4. The van der Waals surface area contributed by atoms with Gasteiger partial charge in [0.15, 0.2) is 5.17 Å². The first-order valence-corrected chi connectivity index (χ1v) is 8.63. The fourth-order valence-corrected chi connectivity index (χ4v) is 3.18. The number of amides is 1. The lowest BCUT2D eigenvalue weighted by atomic mass is 10.2. The fourth-order valence-electron chi connectivity index (χ4n) is 2.30.